The molecule has 3 unspecified atom stereocenters. The summed E-state index contributed by atoms with van der Waals surface area (Å²) in [6, 6.07) is 32.6. The Morgan fingerprint density at radius 1 is 0.781 bits per heavy atom. The lowest BCUT2D eigenvalue weighted by Gasteiger charge is -2.52. The van der Waals surface area contributed by atoms with Crippen LogP contribution in [0.1, 0.15) is 41.9 Å². The van der Waals surface area contributed by atoms with Crippen LogP contribution in [-0.2, 0) is 23.8 Å². The lowest BCUT2D eigenvalue weighted by molar-refractivity contribution is -0.0212. The van der Waals surface area contributed by atoms with E-state index in [1.807, 2.05) is 0 Å². The van der Waals surface area contributed by atoms with Crippen molar-refractivity contribution < 1.29 is 18.4 Å². The molecule has 4 nitrogen and oxygen atoms in total. The summed E-state index contributed by atoms with van der Waals surface area (Å²) in [4.78, 5) is 0. The van der Waals surface area contributed by atoms with Crippen molar-refractivity contribution in [3.05, 3.63) is 108 Å². The molecule has 2 aliphatic carbocycles. The molecule has 3 aliphatic rings. The molecule has 2 saturated carbocycles. The van der Waals surface area contributed by atoms with Crippen LogP contribution < -0.4 is 0 Å². The maximum atomic E-state index is 6.82. The van der Waals surface area contributed by atoms with Gasteiger partial charge in [0.25, 0.3) is 0 Å². The van der Waals surface area contributed by atoms with Gasteiger partial charge < -0.3 is 18.4 Å². The number of rotatable bonds is 5. The summed E-state index contributed by atoms with van der Waals surface area (Å²) in [5.74, 6) is 0.765. The summed E-state index contributed by atoms with van der Waals surface area (Å²) in [7, 11) is 1.71. The second-order valence-corrected chi connectivity index (χ2v) is 8.93. The number of hydrogen-bond acceptors (Lipinski definition) is 4. The average Bonchev–Trinajstić information content (AvgIpc) is 3.41. The van der Waals surface area contributed by atoms with Gasteiger partial charge in [-0.25, -0.2) is 0 Å². The Bertz CT molecular complexity index is 1010. The van der Waals surface area contributed by atoms with E-state index in [4.69, 9.17) is 18.4 Å². The monoisotopic (exact) mass is 420 g/mol. The smallest absolute Gasteiger partial charge is 0.457 e. The summed E-state index contributed by atoms with van der Waals surface area (Å²) in [6.45, 7) is 0. The Balaban J connectivity index is 1.60. The first-order valence-electron chi connectivity index (χ1n) is 11.3. The van der Waals surface area contributed by atoms with Gasteiger partial charge in [0, 0.05) is 5.92 Å². The largest absolute Gasteiger partial charge is 0.611 e. The van der Waals surface area contributed by atoms with Crippen LogP contribution in [0.5, 0.6) is 0 Å². The third kappa shape index (κ3) is 3.03. The molecule has 3 aromatic carbocycles. The molecule has 0 N–H and O–H groups in total. The molecule has 0 aromatic heterocycles. The zero-order valence-electron chi connectivity index (χ0n) is 17.8. The second kappa shape index (κ2) is 8.24. The van der Waals surface area contributed by atoms with Crippen LogP contribution >= 0.6 is 0 Å². The number of hydrogen-bond donors (Lipinski definition) is 0. The van der Waals surface area contributed by atoms with Crippen molar-refractivity contribution in [2.45, 2.75) is 36.2 Å². The zero-order valence-corrected chi connectivity index (χ0v) is 17.8. The predicted octanol–water partition coefficient (Wildman–Crippen LogP) is 4.44. The molecule has 1 heterocycles. The van der Waals surface area contributed by atoms with Crippen molar-refractivity contribution in [2.24, 2.45) is 5.92 Å². The Labute approximate surface area is 191 Å². The highest BCUT2D eigenvalue weighted by atomic mass is 16.8. The summed E-state index contributed by atoms with van der Waals surface area (Å²) < 4.78 is 22.9. The van der Waals surface area contributed by atoms with Crippen LogP contribution in [0.4, 0.5) is 0 Å². The van der Waals surface area contributed by atoms with Crippen molar-refractivity contribution in [3.63, 3.8) is 0 Å². The van der Waals surface area contributed by atoms with Gasteiger partial charge in [-0.2, -0.15) is 0 Å². The summed E-state index contributed by atoms with van der Waals surface area (Å²) in [6.07, 6.45) is 2.99. The van der Waals surface area contributed by atoms with E-state index in [0.29, 0.717) is 5.92 Å². The fourth-order valence-electron chi connectivity index (χ4n) is 6.61. The Kier molecular flexibility index (Phi) is 5.23. The van der Waals surface area contributed by atoms with E-state index in [9.17, 15) is 0 Å². The van der Waals surface area contributed by atoms with Gasteiger partial charge in [-0.15, -0.1) is 0 Å². The van der Waals surface area contributed by atoms with Gasteiger partial charge in [-0.1, -0.05) is 91.0 Å². The van der Waals surface area contributed by atoms with Crippen LogP contribution in [0.3, 0.4) is 0 Å². The van der Waals surface area contributed by atoms with E-state index < -0.39 is 12.9 Å². The van der Waals surface area contributed by atoms with Crippen molar-refractivity contribution in [1.82, 2.24) is 0 Å². The highest BCUT2D eigenvalue weighted by Crippen LogP contribution is 2.70. The van der Waals surface area contributed by atoms with E-state index in [2.05, 4.69) is 91.0 Å². The highest BCUT2D eigenvalue weighted by Gasteiger charge is 2.70. The van der Waals surface area contributed by atoms with Crippen LogP contribution in [0.25, 0.3) is 0 Å². The summed E-state index contributed by atoms with van der Waals surface area (Å²) in [5, 5.41) is 0. The molecule has 0 spiro atoms. The average molecular weight is 420 g/mol. The molecule has 1 saturated heterocycles. The molecular formula is C25H23B3O4. The molecule has 3 aromatic rings. The molecule has 6 rings (SSSR count). The van der Waals surface area contributed by atoms with Crippen molar-refractivity contribution in [2.75, 3.05) is 0 Å². The van der Waals surface area contributed by atoms with Crippen molar-refractivity contribution in [3.8, 4) is 0 Å². The quantitative estimate of drug-likeness (QED) is 0.573. The van der Waals surface area contributed by atoms with E-state index in [0.717, 1.165) is 19.3 Å². The molecule has 1 aliphatic heterocycles. The van der Waals surface area contributed by atoms with Crippen LogP contribution in [-0.4, -0.2) is 28.3 Å². The maximum Gasteiger partial charge on any atom is 0.611 e. The SMILES string of the molecule is [B]1O[B]OB(OC23CCC(C2)C(c2ccccc2)C3(c2ccccc2)c2ccccc2)O1. The topological polar surface area (TPSA) is 36.9 Å². The third-order valence-corrected chi connectivity index (χ3v) is 7.55. The van der Waals surface area contributed by atoms with Gasteiger partial charge in [0.1, 0.15) is 0 Å². The molecule has 3 fully saturated rings. The predicted molar refractivity (Wildman–Crippen MR) is 125 cm³/mol. The Morgan fingerprint density at radius 2 is 1.34 bits per heavy atom. The lowest BCUT2D eigenvalue weighted by atomic mass is 9.55. The summed E-state index contributed by atoms with van der Waals surface area (Å²) >= 11 is 0. The van der Waals surface area contributed by atoms with Crippen LogP contribution in [0, 0.1) is 5.92 Å². The van der Waals surface area contributed by atoms with Gasteiger partial charge in [0.2, 0.25) is 0 Å². The van der Waals surface area contributed by atoms with Gasteiger partial charge in [-0.05, 0) is 41.9 Å². The van der Waals surface area contributed by atoms with Gasteiger partial charge in [-0.3, -0.25) is 0 Å². The fraction of sp³-hybridized carbons (Fsp3) is 0.280. The first-order valence-corrected chi connectivity index (χ1v) is 11.3. The second-order valence-electron chi connectivity index (χ2n) is 8.93. The molecule has 0 amide bonds. The molecular weight excluding hydrogens is 397 g/mol. The highest BCUT2D eigenvalue weighted by molar-refractivity contribution is 6.57. The van der Waals surface area contributed by atoms with Crippen LogP contribution in [0.2, 0.25) is 0 Å². The standard InChI is InChI=1S/C25H23B3O4/c1-4-10-19(11-5-1)23-20-16-17-24(18-20,29-28-31-26-30-27-32-28)25(23,21-12-6-2-7-13-21)22-14-8-3-9-15-22/h1-15,20,23H,16-18H2. The minimum absolute atomic E-state index is 0.273. The zero-order chi connectivity index (χ0) is 21.4. The molecule has 32 heavy (non-hydrogen) atoms. The fourth-order valence-corrected chi connectivity index (χ4v) is 6.61. The van der Waals surface area contributed by atoms with Crippen molar-refractivity contribution in [1.29, 1.82) is 0 Å². The Morgan fingerprint density at radius 3 is 1.94 bits per heavy atom. The third-order valence-electron chi connectivity index (χ3n) is 7.55. The molecule has 156 valence electrons. The molecule has 3 atom stereocenters. The van der Waals surface area contributed by atoms with Gasteiger partial charge in [0.05, 0.1) is 11.0 Å². The van der Waals surface area contributed by atoms with E-state index in [1.54, 1.807) is 0 Å². The number of fused-ring (bicyclic) bond motifs is 2. The molecule has 2 bridgehead atoms. The first kappa shape index (κ1) is 20.3. The van der Waals surface area contributed by atoms with Gasteiger partial charge >= 0.3 is 22.7 Å². The summed E-state index contributed by atoms with van der Waals surface area (Å²) in [5.41, 5.74) is 3.02. The number of benzene rings is 3. The normalized spacial score (nSPS) is 28.2. The van der Waals surface area contributed by atoms with Gasteiger partial charge in [0.15, 0.2) is 0 Å². The molecule has 7 heteroatoms. The van der Waals surface area contributed by atoms with E-state index in [1.165, 1.54) is 32.1 Å². The first-order chi connectivity index (χ1) is 15.8. The minimum atomic E-state index is -0.830. The minimum Gasteiger partial charge on any atom is -0.457 e. The van der Waals surface area contributed by atoms with E-state index >= 15 is 0 Å². The van der Waals surface area contributed by atoms with Crippen LogP contribution in [0.15, 0.2) is 91.0 Å². The Hall–Kier alpha value is -2.31. The lowest BCUT2D eigenvalue weighted by Crippen LogP contribution is -2.57. The van der Waals surface area contributed by atoms with E-state index in [-0.39, 0.29) is 11.3 Å². The molecule has 2 radical (unpaired) electrons. The maximum absolute atomic E-state index is 6.82. The van der Waals surface area contributed by atoms with Crippen molar-refractivity contribution >= 4 is 22.7 Å².